The van der Waals surface area contributed by atoms with Crippen molar-refractivity contribution in [3.8, 4) is 0 Å². The van der Waals surface area contributed by atoms with E-state index in [0.29, 0.717) is 12.3 Å². The smallest absolute Gasteiger partial charge is 0.230 e. The van der Waals surface area contributed by atoms with Crippen LogP contribution in [0.2, 0.25) is 0 Å². The molecular weight excluding hydrogens is 747 g/mol. The van der Waals surface area contributed by atoms with Crippen LogP contribution in [0.5, 0.6) is 0 Å². The number of thioether (sulfide) groups is 2. The molecule has 0 spiro atoms. The highest BCUT2D eigenvalue weighted by Gasteiger charge is 2.38. The van der Waals surface area contributed by atoms with Gasteiger partial charge >= 0.3 is 0 Å². The number of nitrogens with zero attached hydrogens (tertiary/aromatic N) is 2. The zero-order valence-electron chi connectivity index (χ0n) is 33.6. The van der Waals surface area contributed by atoms with Gasteiger partial charge in [-0.05, 0) is 78.8 Å². The van der Waals surface area contributed by atoms with Gasteiger partial charge in [-0.25, -0.2) is 0 Å². The summed E-state index contributed by atoms with van der Waals surface area (Å²) in [7, 11) is 0. The third-order valence-electron chi connectivity index (χ3n) is 11.4. The van der Waals surface area contributed by atoms with Crippen LogP contribution in [0.25, 0.3) is 0 Å². The maximum absolute atomic E-state index is 13.8. The molecule has 1 saturated heterocycles. The first-order valence-corrected chi connectivity index (χ1v) is 23.0. The first kappa shape index (κ1) is 41.6. The lowest BCUT2D eigenvalue weighted by Crippen LogP contribution is -2.39. The molecule has 0 bridgehead atoms. The molecule has 0 aliphatic carbocycles. The summed E-state index contributed by atoms with van der Waals surface area (Å²) < 4.78 is -0.876. The van der Waals surface area contributed by atoms with Gasteiger partial charge in [0.05, 0.1) is 15.2 Å². The van der Waals surface area contributed by atoms with Gasteiger partial charge < -0.3 is 15.1 Å². The van der Waals surface area contributed by atoms with Crippen LogP contribution in [0, 0.1) is 0 Å². The van der Waals surface area contributed by atoms with Gasteiger partial charge in [0.25, 0.3) is 0 Å². The fraction of sp³-hybridized carbons (Fsp3) is 0.288. The zero-order chi connectivity index (χ0) is 39.7. The van der Waals surface area contributed by atoms with Crippen molar-refractivity contribution in [1.29, 1.82) is 0 Å². The number of hydrogen-bond acceptors (Lipinski definition) is 5. The van der Waals surface area contributed by atoms with E-state index in [1.165, 1.54) is 65.7 Å². The van der Waals surface area contributed by atoms with Gasteiger partial charge in [0.15, 0.2) is 0 Å². The number of hydrogen-bond donors (Lipinski definition) is 1. The second-order valence-corrected chi connectivity index (χ2v) is 17.6. The molecular formula is C52H57N3OS2. The molecule has 6 aromatic carbocycles. The molecule has 0 unspecified atom stereocenters. The van der Waals surface area contributed by atoms with Crippen LogP contribution >= 0.6 is 23.5 Å². The Labute approximate surface area is 355 Å². The Hall–Kier alpha value is -4.59. The summed E-state index contributed by atoms with van der Waals surface area (Å²) in [5.74, 6) is 1.35. The van der Waals surface area contributed by atoms with Gasteiger partial charge in [0.2, 0.25) is 5.91 Å². The Balaban J connectivity index is 1.06. The van der Waals surface area contributed by atoms with E-state index in [0.717, 1.165) is 38.4 Å². The lowest BCUT2D eigenvalue weighted by Gasteiger charge is -2.36. The van der Waals surface area contributed by atoms with Gasteiger partial charge in [0, 0.05) is 25.4 Å². The molecule has 4 nitrogen and oxygen atoms in total. The van der Waals surface area contributed by atoms with Crippen molar-refractivity contribution in [3.63, 3.8) is 0 Å². The number of likely N-dealkylation sites (tertiary alicyclic amines) is 1. The third kappa shape index (κ3) is 10.3. The normalized spacial score (nSPS) is 13.7. The minimum Gasteiger partial charge on any atom is -0.354 e. The highest BCUT2D eigenvalue weighted by Crippen LogP contribution is 2.49. The van der Waals surface area contributed by atoms with Crippen LogP contribution in [0.15, 0.2) is 182 Å². The van der Waals surface area contributed by atoms with Gasteiger partial charge in [-0.15, -0.1) is 23.5 Å². The minimum atomic E-state index is -0.526. The summed E-state index contributed by atoms with van der Waals surface area (Å²) in [5.41, 5.74) is 7.37. The van der Waals surface area contributed by atoms with E-state index < -0.39 is 4.75 Å². The summed E-state index contributed by atoms with van der Waals surface area (Å²) >= 11 is 3.72. The topological polar surface area (TPSA) is 35.6 Å². The summed E-state index contributed by atoms with van der Waals surface area (Å²) in [6.07, 6.45) is 5.10. The van der Waals surface area contributed by atoms with Gasteiger partial charge in [-0.2, -0.15) is 0 Å². The summed E-state index contributed by atoms with van der Waals surface area (Å²) in [4.78, 5) is 19.1. The molecule has 1 amide bonds. The van der Waals surface area contributed by atoms with Crippen LogP contribution in [0.4, 0.5) is 0 Å². The van der Waals surface area contributed by atoms with Crippen molar-refractivity contribution in [2.75, 3.05) is 57.3 Å². The number of carbonyl (C=O) groups is 1. The summed E-state index contributed by atoms with van der Waals surface area (Å²) in [5, 5.41) is 3.35. The predicted molar refractivity (Wildman–Crippen MR) is 248 cm³/mol. The second kappa shape index (κ2) is 21.4. The molecule has 6 heteroatoms. The molecule has 1 aliphatic heterocycles. The minimum absolute atomic E-state index is 0.0658. The van der Waals surface area contributed by atoms with E-state index >= 15 is 0 Å². The molecule has 0 atom stereocenters. The van der Waals surface area contributed by atoms with Crippen molar-refractivity contribution >= 4 is 29.4 Å². The van der Waals surface area contributed by atoms with E-state index in [2.05, 4.69) is 197 Å². The molecule has 298 valence electrons. The van der Waals surface area contributed by atoms with Crippen molar-refractivity contribution in [2.45, 2.75) is 35.2 Å². The van der Waals surface area contributed by atoms with Crippen LogP contribution in [-0.4, -0.2) is 73.0 Å². The summed E-state index contributed by atoms with van der Waals surface area (Å²) in [6.45, 7) is 6.94. The quantitative estimate of drug-likeness (QED) is 0.0778. The Morgan fingerprint density at radius 3 is 1.28 bits per heavy atom. The van der Waals surface area contributed by atoms with E-state index in [-0.39, 0.29) is 10.7 Å². The Morgan fingerprint density at radius 2 is 0.879 bits per heavy atom. The molecule has 0 radical (unpaired) electrons. The second-order valence-electron chi connectivity index (χ2n) is 15.1. The summed E-state index contributed by atoms with van der Waals surface area (Å²) in [6, 6.07) is 64.8. The highest BCUT2D eigenvalue weighted by molar-refractivity contribution is 8.01. The number of carbonyl (C=O) groups excluding carboxylic acids is 1. The average Bonchev–Trinajstić information content (AvgIpc) is 3.30. The first-order valence-electron chi connectivity index (χ1n) is 21.0. The maximum Gasteiger partial charge on any atom is 0.230 e. The molecule has 7 rings (SSSR count). The maximum atomic E-state index is 13.8. The van der Waals surface area contributed by atoms with Crippen LogP contribution in [-0.2, 0) is 14.3 Å². The number of amides is 1. The lowest BCUT2D eigenvalue weighted by atomic mass is 9.84. The zero-order valence-corrected chi connectivity index (χ0v) is 35.3. The molecule has 58 heavy (non-hydrogen) atoms. The van der Waals surface area contributed by atoms with Crippen molar-refractivity contribution < 1.29 is 4.79 Å². The molecule has 1 heterocycles. The molecule has 1 fully saturated rings. The highest BCUT2D eigenvalue weighted by atomic mass is 32.2. The monoisotopic (exact) mass is 803 g/mol. The molecule has 6 aromatic rings. The Morgan fingerprint density at radius 1 is 0.500 bits per heavy atom. The van der Waals surface area contributed by atoms with Crippen LogP contribution in [0.1, 0.15) is 59.1 Å². The van der Waals surface area contributed by atoms with E-state index in [4.69, 9.17) is 0 Å². The molecule has 0 saturated carbocycles. The number of piperidine rings is 1. The fourth-order valence-corrected chi connectivity index (χ4v) is 11.4. The molecule has 0 aromatic heterocycles. The van der Waals surface area contributed by atoms with Crippen molar-refractivity contribution in [2.24, 2.45) is 0 Å². The lowest BCUT2D eigenvalue weighted by molar-refractivity contribution is -0.118. The number of benzene rings is 6. The number of rotatable bonds is 20. The SMILES string of the molecule is O=C(CSC(c1ccccc1)(c1ccccc1)c1ccccc1)NCCN(CCCN1CCCCC1)CCSC(c1ccccc1)(c1ccccc1)c1ccccc1. The largest absolute Gasteiger partial charge is 0.354 e. The van der Waals surface area contributed by atoms with Gasteiger partial charge in [-0.3, -0.25) is 4.79 Å². The number of nitrogens with one attached hydrogen (secondary N) is 1. The van der Waals surface area contributed by atoms with Crippen LogP contribution in [0.3, 0.4) is 0 Å². The van der Waals surface area contributed by atoms with Crippen molar-refractivity contribution in [3.05, 3.63) is 215 Å². The van der Waals surface area contributed by atoms with E-state index in [9.17, 15) is 4.79 Å². The van der Waals surface area contributed by atoms with Crippen molar-refractivity contribution in [1.82, 2.24) is 15.1 Å². The Kier molecular flexibility index (Phi) is 15.4. The first-order chi connectivity index (χ1) is 28.7. The fourth-order valence-electron chi connectivity index (χ4n) is 8.48. The predicted octanol–water partition coefficient (Wildman–Crippen LogP) is 10.7. The van der Waals surface area contributed by atoms with E-state index in [1.807, 2.05) is 11.8 Å². The van der Waals surface area contributed by atoms with Gasteiger partial charge in [-0.1, -0.05) is 188 Å². The molecule has 1 N–H and O–H groups in total. The third-order valence-corrected chi connectivity index (χ3v) is 14.4. The molecule has 1 aliphatic rings. The Bertz CT molecular complexity index is 1870. The van der Waals surface area contributed by atoms with Crippen LogP contribution < -0.4 is 5.32 Å². The average molecular weight is 804 g/mol. The standard InChI is InChI=1S/C52H57N3OS2/c56-50(43-58-52(47-29-14-4-15-30-47,48-31-16-5-17-32-48)49-33-18-6-19-34-49)53-35-40-55(39-22-38-54-36-20-7-21-37-54)41-42-57-51(44-23-8-1-9-24-44,45-25-10-2-11-26-45)46-27-12-3-13-28-46/h1-6,8-19,23-34H,7,20-22,35-43H2,(H,53,56). The van der Waals surface area contributed by atoms with E-state index in [1.54, 1.807) is 11.8 Å². The van der Waals surface area contributed by atoms with Gasteiger partial charge in [0.1, 0.15) is 0 Å².